The Hall–Kier alpha value is -1.71. The molecule has 0 aliphatic heterocycles. The Morgan fingerprint density at radius 2 is 2.00 bits per heavy atom. The Bertz CT molecular complexity index is 424. The maximum absolute atomic E-state index is 13.6. The molecule has 0 heterocycles. The largest absolute Gasteiger partial charge is 0.478 e. The Balaban J connectivity index is 3.02. The maximum Gasteiger partial charge on any atom is 0.338 e. The number of carbonyl (C=O) groups is 2. The van der Waals surface area contributed by atoms with E-state index in [2.05, 4.69) is 0 Å². The van der Waals surface area contributed by atoms with Crippen LogP contribution in [0.3, 0.4) is 0 Å². The molecule has 0 aliphatic carbocycles. The molecular formula is C12H13FO3. The fourth-order valence-electron chi connectivity index (χ4n) is 1.27. The molecule has 1 N–H and O–H groups in total. The van der Waals surface area contributed by atoms with Crippen LogP contribution < -0.4 is 0 Å². The van der Waals surface area contributed by atoms with Crippen LogP contribution in [0, 0.1) is 11.7 Å². The summed E-state index contributed by atoms with van der Waals surface area (Å²) in [7, 11) is 0. The zero-order valence-electron chi connectivity index (χ0n) is 9.16. The summed E-state index contributed by atoms with van der Waals surface area (Å²) in [6.07, 6.45) is -0.0649. The summed E-state index contributed by atoms with van der Waals surface area (Å²) in [5.74, 6) is -2.44. The van der Waals surface area contributed by atoms with E-state index in [1.165, 1.54) is 18.2 Å². The first-order valence-corrected chi connectivity index (χ1v) is 4.97. The van der Waals surface area contributed by atoms with E-state index in [-0.39, 0.29) is 23.7 Å². The van der Waals surface area contributed by atoms with Crippen molar-refractivity contribution >= 4 is 11.8 Å². The van der Waals surface area contributed by atoms with Crippen LogP contribution in [0.4, 0.5) is 4.39 Å². The van der Waals surface area contributed by atoms with Crippen LogP contribution in [-0.2, 0) is 11.2 Å². The van der Waals surface area contributed by atoms with Crippen LogP contribution in [0.2, 0.25) is 0 Å². The van der Waals surface area contributed by atoms with Gasteiger partial charge in [0.25, 0.3) is 0 Å². The molecule has 86 valence electrons. The van der Waals surface area contributed by atoms with Gasteiger partial charge in [0.2, 0.25) is 0 Å². The molecule has 0 spiro atoms. The van der Waals surface area contributed by atoms with E-state index in [1.54, 1.807) is 13.8 Å². The molecule has 16 heavy (non-hydrogen) atoms. The summed E-state index contributed by atoms with van der Waals surface area (Å²) in [6.45, 7) is 3.45. The number of carbonyl (C=O) groups excluding carboxylic acids is 1. The fraction of sp³-hybridized carbons (Fsp3) is 0.333. The molecule has 0 aliphatic rings. The maximum atomic E-state index is 13.6. The SMILES string of the molecule is CC(C)C(=O)Cc1cccc(C(=O)O)c1F. The number of benzene rings is 1. The molecule has 4 heteroatoms. The molecule has 0 aromatic heterocycles. The number of rotatable bonds is 4. The van der Waals surface area contributed by atoms with Gasteiger partial charge in [0.05, 0.1) is 5.56 Å². The molecule has 1 aromatic carbocycles. The summed E-state index contributed by atoms with van der Waals surface area (Å²) >= 11 is 0. The number of halogens is 1. The Morgan fingerprint density at radius 1 is 1.38 bits per heavy atom. The highest BCUT2D eigenvalue weighted by Crippen LogP contribution is 2.15. The van der Waals surface area contributed by atoms with E-state index >= 15 is 0 Å². The zero-order valence-corrected chi connectivity index (χ0v) is 9.16. The van der Waals surface area contributed by atoms with Gasteiger partial charge < -0.3 is 5.11 Å². The highest BCUT2D eigenvalue weighted by molar-refractivity contribution is 5.89. The van der Waals surface area contributed by atoms with Gasteiger partial charge in [-0.05, 0) is 11.6 Å². The van der Waals surface area contributed by atoms with Crippen LogP contribution in [0.25, 0.3) is 0 Å². The number of hydrogen-bond donors (Lipinski definition) is 1. The molecule has 0 radical (unpaired) electrons. The first-order valence-electron chi connectivity index (χ1n) is 4.97. The summed E-state index contributed by atoms with van der Waals surface area (Å²) < 4.78 is 13.6. The monoisotopic (exact) mass is 224 g/mol. The third-order valence-electron chi connectivity index (χ3n) is 2.32. The van der Waals surface area contributed by atoms with Crippen molar-refractivity contribution in [2.24, 2.45) is 5.92 Å². The van der Waals surface area contributed by atoms with Gasteiger partial charge in [-0.2, -0.15) is 0 Å². The van der Waals surface area contributed by atoms with Gasteiger partial charge in [0.15, 0.2) is 0 Å². The molecule has 0 saturated heterocycles. The summed E-state index contributed by atoms with van der Waals surface area (Å²) in [5, 5.41) is 8.71. The average molecular weight is 224 g/mol. The first kappa shape index (κ1) is 12.4. The lowest BCUT2D eigenvalue weighted by Gasteiger charge is -2.06. The second-order valence-corrected chi connectivity index (χ2v) is 3.88. The normalized spacial score (nSPS) is 10.5. The number of ketones is 1. The van der Waals surface area contributed by atoms with Gasteiger partial charge in [-0.1, -0.05) is 26.0 Å². The van der Waals surface area contributed by atoms with Crippen molar-refractivity contribution in [2.75, 3.05) is 0 Å². The van der Waals surface area contributed by atoms with Gasteiger partial charge in [0.1, 0.15) is 11.6 Å². The molecule has 0 amide bonds. The number of hydrogen-bond acceptors (Lipinski definition) is 2. The standard InChI is InChI=1S/C12H13FO3/c1-7(2)10(14)6-8-4-3-5-9(11(8)13)12(15)16/h3-5,7H,6H2,1-2H3,(H,15,16). The molecule has 1 aromatic rings. The highest BCUT2D eigenvalue weighted by atomic mass is 19.1. The molecule has 0 bridgehead atoms. The van der Waals surface area contributed by atoms with Gasteiger partial charge in [-0.3, -0.25) is 4.79 Å². The van der Waals surface area contributed by atoms with Gasteiger partial charge >= 0.3 is 5.97 Å². The van der Waals surface area contributed by atoms with Crippen molar-refractivity contribution in [3.8, 4) is 0 Å². The van der Waals surface area contributed by atoms with Crippen LogP contribution in [0.1, 0.15) is 29.8 Å². The van der Waals surface area contributed by atoms with Gasteiger partial charge in [-0.25, -0.2) is 9.18 Å². The predicted molar refractivity (Wildman–Crippen MR) is 56.9 cm³/mol. The fourth-order valence-corrected chi connectivity index (χ4v) is 1.27. The molecule has 0 fully saturated rings. The summed E-state index contributed by atoms with van der Waals surface area (Å²) in [4.78, 5) is 22.1. The third-order valence-corrected chi connectivity index (χ3v) is 2.32. The second kappa shape index (κ2) is 4.88. The lowest BCUT2D eigenvalue weighted by atomic mass is 9.99. The lowest BCUT2D eigenvalue weighted by Crippen LogP contribution is -2.13. The number of carboxylic acid groups (broad SMARTS) is 1. The van der Waals surface area contributed by atoms with Crippen molar-refractivity contribution in [3.63, 3.8) is 0 Å². The van der Waals surface area contributed by atoms with E-state index in [9.17, 15) is 14.0 Å². The quantitative estimate of drug-likeness (QED) is 0.853. The topological polar surface area (TPSA) is 54.4 Å². The van der Waals surface area contributed by atoms with Crippen LogP contribution in [0.5, 0.6) is 0 Å². The van der Waals surface area contributed by atoms with Crippen molar-refractivity contribution in [1.29, 1.82) is 0 Å². The Labute approximate surface area is 92.9 Å². The zero-order chi connectivity index (χ0) is 12.3. The van der Waals surface area contributed by atoms with Crippen molar-refractivity contribution in [3.05, 3.63) is 35.1 Å². The summed E-state index contributed by atoms with van der Waals surface area (Å²) in [5.41, 5.74) is -0.257. The van der Waals surface area contributed by atoms with Gasteiger partial charge in [0, 0.05) is 12.3 Å². The average Bonchev–Trinajstić information content (AvgIpc) is 2.20. The number of Topliss-reactive ketones (excluding diaryl/α,β-unsaturated/α-hetero) is 1. The minimum absolute atomic E-state index is 0.0649. The number of carboxylic acids is 1. The van der Waals surface area contributed by atoms with Crippen molar-refractivity contribution < 1.29 is 19.1 Å². The molecule has 1 rings (SSSR count). The second-order valence-electron chi connectivity index (χ2n) is 3.88. The minimum Gasteiger partial charge on any atom is -0.478 e. The lowest BCUT2D eigenvalue weighted by molar-refractivity contribution is -0.121. The Morgan fingerprint density at radius 3 is 2.50 bits per heavy atom. The van der Waals surface area contributed by atoms with Crippen LogP contribution in [0.15, 0.2) is 18.2 Å². The number of aromatic carboxylic acids is 1. The van der Waals surface area contributed by atoms with E-state index in [4.69, 9.17) is 5.11 Å². The smallest absolute Gasteiger partial charge is 0.338 e. The van der Waals surface area contributed by atoms with E-state index in [0.29, 0.717) is 0 Å². The summed E-state index contributed by atoms with van der Waals surface area (Å²) in [6, 6.07) is 4.05. The van der Waals surface area contributed by atoms with E-state index < -0.39 is 17.3 Å². The molecule has 3 nitrogen and oxygen atoms in total. The van der Waals surface area contributed by atoms with Crippen LogP contribution in [-0.4, -0.2) is 16.9 Å². The molecule has 0 unspecified atom stereocenters. The van der Waals surface area contributed by atoms with E-state index in [1.807, 2.05) is 0 Å². The van der Waals surface area contributed by atoms with Crippen molar-refractivity contribution in [1.82, 2.24) is 0 Å². The first-order chi connectivity index (χ1) is 7.43. The Kier molecular flexibility index (Phi) is 3.77. The minimum atomic E-state index is -1.32. The third kappa shape index (κ3) is 2.66. The predicted octanol–water partition coefficient (Wildman–Crippen LogP) is 2.29. The van der Waals surface area contributed by atoms with Crippen LogP contribution >= 0.6 is 0 Å². The molecule has 0 saturated carbocycles. The van der Waals surface area contributed by atoms with E-state index in [0.717, 1.165) is 0 Å². The highest BCUT2D eigenvalue weighted by Gasteiger charge is 2.16. The molecule has 0 atom stereocenters. The van der Waals surface area contributed by atoms with Crippen molar-refractivity contribution in [2.45, 2.75) is 20.3 Å². The molecular weight excluding hydrogens is 211 g/mol. The van der Waals surface area contributed by atoms with Gasteiger partial charge in [-0.15, -0.1) is 0 Å².